The van der Waals surface area contributed by atoms with Crippen LogP contribution in [0.5, 0.6) is 0 Å². The molecule has 0 aliphatic rings. The molecule has 0 saturated carbocycles. The quantitative estimate of drug-likeness (QED) is 0.909. The normalized spacial score (nSPS) is 11.6. The maximum absolute atomic E-state index is 10.7. The van der Waals surface area contributed by atoms with E-state index >= 15 is 0 Å². The second kappa shape index (κ2) is 5.51. The van der Waals surface area contributed by atoms with Gasteiger partial charge < -0.3 is 19.6 Å². The van der Waals surface area contributed by atoms with Crippen LogP contribution in [0.2, 0.25) is 0 Å². The Morgan fingerprint density at radius 3 is 2.35 bits per heavy atom. The SMILES string of the molecule is CC(C)(C)[NH2+]Cc1ccc(-c2ccc(C(=O)[O-])cc2)o1. The summed E-state index contributed by atoms with van der Waals surface area (Å²) in [6.07, 6.45) is 0. The molecule has 0 atom stereocenters. The van der Waals surface area contributed by atoms with Crippen molar-refractivity contribution in [3.63, 3.8) is 0 Å². The predicted molar refractivity (Wildman–Crippen MR) is 73.9 cm³/mol. The van der Waals surface area contributed by atoms with E-state index in [-0.39, 0.29) is 11.1 Å². The third-order valence-corrected chi connectivity index (χ3v) is 2.98. The van der Waals surface area contributed by atoms with E-state index in [1.54, 1.807) is 12.1 Å². The molecule has 20 heavy (non-hydrogen) atoms. The van der Waals surface area contributed by atoms with E-state index in [1.807, 2.05) is 12.1 Å². The van der Waals surface area contributed by atoms with E-state index < -0.39 is 5.97 Å². The van der Waals surface area contributed by atoms with Gasteiger partial charge in [-0.15, -0.1) is 0 Å². The second-order valence-corrected chi connectivity index (χ2v) is 5.91. The van der Waals surface area contributed by atoms with E-state index in [1.165, 1.54) is 12.1 Å². The van der Waals surface area contributed by atoms with Gasteiger partial charge >= 0.3 is 0 Å². The zero-order chi connectivity index (χ0) is 14.8. The first kappa shape index (κ1) is 14.3. The molecule has 0 fully saturated rings. The number of quaternary nitrogens is 1. The molecule has 4 nitrogen and oxygen atoms in total. The minimum Gasteiger partial charge on any atom is -0.545 e. The van der Waals surface area contributed by atoms with Crippen LogP contribution in [-0.4, -0.2) is 11.5 Å². The van der Waals surface area contributed by atoms with Crippen molar-refractivity contribution in [1.29, 1.82) is 0 Å². The Bertz CT molecular complexity index is 591. The Labute approximate surface area is 118 Å². The number of rotatable bonds is 4. The fourth-order valence-corrected chi connectivity index (χ4v) is 1.82. The Morgan fingerprint density at radius 1 is 1.15 bits per heavy atom. The van der Waals surface area contributed by atoms with Crippen molar-refractivity contribution in [3.05, 3.63) is 47.7 Å². The monoisotopic (exact) mass is 273 g/mol. The van der Waals surface area contributed by atoms with E-state index in [0.717, 1.165) is 23.6 Å². The summed E-state index contributed by atoms with van der Waals surface area (Å²) >= 11 is 0. The fourth-order valence-electron chi connectivity index (χ4n) is 1.82. The highest BCUT2D eigenvalue weighted by Crippen LogP contribution is 2.22. The van der Waals surface area contributed by atoms with Gasteiger partial charge in [0.15, 0.2) is 5.76 Å². The predicted octanol–water partition coefficient (Wildman–Crippen LogP) is 1.17. The number of aromatic carboxylic acids is 1. The summed E-state index contributed by atoms with van der Waals surface area (Å²) in [5.41, 5.74) is 1.18. The molecular weight excluding hydrogens is 254 g/mol. The molecule has 2 N–H and O–H groups in total. The molecule has 1 aromatic heterocycles. The van der Waals surface area contributed by atoms with Crippen LogP contribution in [0.15, 0.2) is 40.8 Å². The second-order valence-electron chi connectivity index (χ2n) is 5.91. The lowest BCUT2D eigenvalue weighted by atomic mass is 10.1. The van der Waals surface area contributed by atoms with Gasteiger partial charge in [-0.05, 0) is 38.5 Å². The molecule has 1 aromatic carbocycles. The van der Waals surface area contributed by atoms with Crippen LogP contribution in [0.25, 0.3) is 11.3 Å². The van der Waals surface area contributed by atoms with Crippen LogP contribution in [-0.2, 0) is 6.54 Å². The van der Waals surface area contributed by atoms with Gasteiger partial charge in [0, 0.05) is 5.56 Å². The number of carboxylic acids is 1. The highest BCUT2D eigenvalue weighted by atomic mass is 16.4. The molecule has 0 amide bonds. The van der Waals surface area contributed by atoms with Gasteiger partial charge in [0.05, 0.1) is 11.5 Å². The average Bonchev–Trinajstić information content (AvgIpc) is 2.84. The Kier molecular flexibility index (Phi) is 3.95. The van der Waals surface area contributed by atoms with E-state index in [9.17, 15) is 9.90 Å². The minimum atomic E-state index is -1.17. The number of hydrogen-bond acceptors (Lipinski definition) is 3. The molecular formula is C16H19NO3. The first-order valence-corrected chi connectivity index (χ1v) is 6.60. The number of benzene rings is 1. The Hall–Kier alpha value is -2.07. The smallest absolute Gasteiger partial charge is 0.158 e. The summed E-state index contributed by atoms with van der Waals surface area (Å²) in [5, 5.41) is 12.9. The number of nitrogens with two attached hydrogens (primary N) is 1. The number of furan rings is 1. The standard InChI is InChI=1S/C16H19NO3/c1-16(2,3)17-10-13-8-9-14(20-13)11-4-6-12(7-5-11)15(18)19/h4-9,17H,10H2,1-3H3,(H,18,19). The lowest BCUT2D eigenvalue weighted by Gasteiger charge is -2.15. The highest BCUT2D eigenvalue weighted by Gasteiger charge is 2.14. The third kappa shape index (κ3) is 3.71. The van der Waals surface area contributed by atoms with Crippen molar-refractivity contribution < 1.29 is 19.6 Å². The van der Waals surface area contributed by atoms with Gasteiger partial charge in [-0.2, -0.15) is 0 Å². The minimum absolute atomic E-state index is 0.156. The Morgan fingerprint density at radius 2 is 1.80 bits per heavy atom. The van der Waals surface area contributed by atoms with E-state index in [0.29, 0.717) is 0 Å². The highest BCUT2D eigenvalue weighted by molar-refractivity contribution is 5.86. The first-order valence-electron chi connectivity index (χ1n) is 6.60. The Balaban J connectivity index is 2.10. The maximum atomic E-state index is 10.7. The molecule has 106 valence electrons. The summed E-state index contributed by atoms with van der Waals surface area (Å²) < 4.78 is 5.77. The molecule has 2 aromatic rings. The molecule has 2 rings (SSSR count). The fraction of sp³-hybridized carbons (Fsp3) is 0.312. The molecule has 4 heteroatoms. The van der Waals surface area contributed by atoms with Crippen molar-refractivity contribution in [2.75, 3.05) is 0 Å². The summed E-state index contributed by atoms with van der Waals surface area (Å²) in [6, 6.07) is 10.3. The van der Waals surface area contributed by atoms with Crippen LogP contribution in [0.4, 0.5) is 0 Å². The van der Waals surface area contributed by atoms with Crippen molar-refractivity contribution >= 4 is 5.97 Å². The van der Waals surface area contributed by atoms with Crippen molar-refractivity contribution in [3.8, 4) is 11.3 Å². The zero-order valence-electron chi connectivity index (χ0n) is 12.0. The maximum Gasteiger partial charge on any atom is 0.158 e. The molecule has 1 heterocycles. The lowest BCUT2D eigenvalue weighted by Crippen LogP contribution is -2.92. The van der Waals surface area contributed by atoms with Crippen molar-refractivity contribution in [1.82, 2.24) is 0 Å². The average molecular weight is 273 g/mol. The molecule has 0 aliphatic carbocycles. The number of hydrogen-bond donors (Lipinski definition) is 1. The van der Waals surface area contributed by atoms with Crippen molar-refractivity contribution in [2.24, 2.45) is 0 Å². The van der Waals surface area contributed by atoms with Crippen molar-refractivity contribution in [2.45, 2.75) is 32.9 Å². The zero-order valence-corrected chi connectivity index (χ0v) is 12.0. The van der Waals surface area contributed by atoms with Crippen LogP contribution in [0, 0.1) is 0 Å². The molecule has 0 unspecified atom stereocenters. The van der Waals surface area contributed by atoms with E-state index in [4.69, 9.17) is 4.42 Å². The number of carbonyl (C=O) groups excluding carboxylic acids is 1. The van der Waals surface area contributed by atoms with Gasteiger partial charge in [-0.1, -0.05) is 24.3 Å². The molecule has 0 spiro atoms. The van der Waals surface area contributed by atoms with Gasteiger partial charge in [0.1, 0.15) is 12.3 Å². The van der Waals surface area contributed by atoms with Gasteiger partial charge in [0.2, 0.25) is 0 Å². The molecule has 0 saturated heterocycles. The topological polar surface area (TPSA) is 69.9 Å². The first-order chi connectivity index (χ1) is 9.35. The van der Waals surface area contributed by atoms with Crippen LogP contribution < -0.4 is 10.4 Å². The van der Waals surface area contributed by atoms with Crippen LogP contribution >= 0.6 is 0 Å². The molecule has 0 radical (unpaired) electrons. The van der Waals surface area contributed by atoms with Gasteiger partial charge in [-0.3, -0.25) is 0 Å². The van der Waals surface area contributed by atoms with Crippen LogP contribution in [0.3, 0.4) is 0 Å². The summed E-state index contributed by atoms with van der Waals surface area (Å²) in [4.78, 5) is 10.7. The summed E-state index contributed by atoms with van der Waals surface area (Å²) in [5.74, 6) is 0.475. The summed E-state index contributed by atoms with van der Waals surface area (Å²) in [7, 11) is 0. The molecule has 0 bridgehead atoms. The third-order valence-electron chi connectivity index (χ3n) is 2.98. The number of carboxylic acid groups (broad SMARTS) is 1. The van der Waals surface area contributed by atoms with Gasteiger partial charge in [-0.25, -0.2) is 0 Å². The largest absolute Gasteiger partial charge is 0.545 e. The van der Waals surface area contributed by atoms with Crippen LogP contribution in [0.1, 0.15) is 36.9 Å². The van der Waals surface area contributed by atoms with Gasteiger partial charge in [0.25, 0.3) is 0 Å². The lowest BCUT2D eigenvalue weighted by molar-refractivity contribution is -0.732. The summed E-state index contributed by atoms with van der Waals surface area (Å²) in [6.45, 7) is 7.22. The van der Waals surface area contributed by atoms with E-state index in [2.05, 4.69) is 26.1 Å². The number of carbonyl (C=O) groups is 1. The molecule has 0 aliphatic heterocycles.